The Morgan fingerprint density at radius 1 is 1.56 bits per heavy atom. The van der Waals surface area contributed by atoms with Crippen LogP contribution in [-0.2, 0) is 0 Å². The Morgan fingerprint density at radius 3 is 2.67 bits per heavy atom. The smallest absolute Gasteiger partial charge is 0.139 e. The highest BCUT2D eigenvalue weighted by Crippen LogP contribution is 2.06. The molecule has 9 heavy (non-hydrogen) atoms. The van der Waals surface area contributed by atoms with E-state index in [1.54, 1.807) is 0 Å². The maximum atomic E-state index is 11.9. The van der Waals surface area contributed by atoms with Crippen LogP contribution in [0.4, 0.5) is 13.4 Å². The second-order valence-corrected chi connectivity index (χ2v) is 1.51. The topological polar surface area (TPSA) is 18.5 Å². The molecule has 0 aromatic heterocycles. The van der Waals surface area contributed by atoms with E-state index in [4.69, 9.17) is 0 Å². The molecular weight excluding hydrogens is 135 g/mol. The summed E-state index contributed by atoms with van der Waals surface area (Å²) in [6, 6.07) is 0. The van der Waals surface area contributed by atoms with Crippen LogP contribution in [0.5, 0.6) is 0 Å². The second kappa shape index (κ2) is 2.24. The Hall–Kier alpha value is -0.750. The van der Waals surface area contributed by atoms with Crippen LogP contribution in [0.3, 0.4) is 0 Å². The van der Waals surface area contributed by atoms with E-state index < -0.39 is 12.4 Å². The first kappa shape index (κ1) is 6.37. The molecule has 0 saturated heterocycles. The van der Waals surface area contributed by atoms with Crippen LogP contribution in [-0.4, -0.2) is 17.0 Å². The summed E-state index contributed by atoms with van der Waals surface area (Å²) in [6.45, 7) is -0.569. The van der Waals surface area contributed by atoms with Crippen molar-refractivity contribution in [2.45, 2.75) is 0 Å². The summed E-state index contributed by atoms with van der Waals surface area (Å²) in [5.74, 6) is -0.876. The van der Waals surface area contributed by atoms with Crippen LogP contribution < -0.4 is 5.53 Å². The molecule has 1 aliphatic heterocycles. The monoisotopic (exact) mass is 139 g/mol. The number of nitrogens with zero attached hydrogens (tertiary/aromatic N) is 2. The van der Waals surface area contributed by atoms with Gasteiger partial charge in [-0.25, -0.2) is 4.39 Å². The lowest BCUT2D eigenvalue weighted by Gasteiger charge is -2.20. The van der Waals surface area contributed by atoms with Crippen molar-refractivity contribution < 1.29 is 13.4 Å². The molecule has 0 atom stereocenters. The summed E-state index contributed by atoms with van der Waals surface area (Å²) in [7, 11) is 0. The standard InChI is InChI=1S/C3H4F3N3/c4-3-1-8(5)7-9(6)2-3/h1,7H,2H2. The van der Waals surface area contributed by atoms with E-state index in [1.807, 2.05) is 0 Å². The summed E-state index contributed by atoms with van der Waals surface area (Å²) >= 11 is 0. The fourth-order valence-corrected chi connectivity index (χ4v) is 0.464. The molecule has 6 heteroatoms. The fourth-order valence-electron chi connectivity index (χ4n) is 0.464. The van der Waals surface area contributed by atoms with Gasteiger partial charge < -0.3 is 0 Å². The SMILES string of the molecule is FC1=CN(F)NN(F)C1. The zero-order valence-corrected chi connectivity index (χ0v) is 4.31. The van der Waals surface area contributed by atoms with E-state index in [9.17, 15) is 13.4 Å². The third kappa shape index (κ3) is 1.58. The van der Waals surface area contributed by atoms with Gasteiger partial charge >= 0.3 is 0 Å². The van der Waals surface area contributed by atoms with Crippen LogP contribution >= 0.6 is 0 Å². The molecule has 3 nitrogen and oxygen atoms in total. The van der Waals surface area contributed by atoms with Gasteiger partial charge in [0.05, 0.1) is 6.20 Å². The number of hydrogen-bond donors (Lipinski definition) is 1. The molecule has 0 aromatic rings. The van der Waals surface area contributed by atoms with Gasteiger partial charge in [-0.05, 0) is 0 Å². The van der Waals surface area contributed by atoms with E-state index in [2.05, 4.69) is 0 Å². The summed E-state index contributed by atoms with van der Waals surface area (Å²) in [6.07, 6.45) is 0.510. The van der Waals surface area contributed by atoms with Crippen molar-refractivity contribution in [1.82, 2.24) is 16.0 Å². The zero-order valence-electron chi connectivity index (χ0n) is 4.31. The number of nitrogens with one attached hydrogen (secondary N) is 1. The van der Waals surface area contributed by atoms with E-state index in [-0.39, 0.29) is 10.5 Å². The van der Waals surface area contributed by atoms with Crippen molar-refractivity contribution in [2.24, 2.45) is 0 Å². The third-order valence-corrected chi connectivity index (χ3v) is 0.747. The third-order valence-electron chi connectivity index (χ3n) is 0.747. The van der Waals surface area contributed by atoms with Crippen molar-refractivity contribution >= 4 is 0 Å². The van der Waals surface area contributed by atoms with Crippen LogP contribution in [0.2, 0.25) is 0 Å². The highest BCUT2D eigenvalue weighted by molar-refractivity contribution is 4.92. The largest absolute Gasteiger partial charge is 0.208 e. The molecule has 1 rings (SSSR count). The molecule has 1 heterocycles. The molecule has 52 valence electrons. The quantitative estimate of drug-likeness (QED) is 0.496. The van der Waals surface area contributed by atoms with Gasteiger partial charge in [0.2, 0.25) is 0 Å². The average Bonchev–Trinajstić information content (AvgIpc) is 1.59. The fraction of sp³-hybridized carbons (Fsp3) is 0.333. The summed E-state index contributed by atoms with van der Waals surface area (Å²) in [4.78, 5) is 0. The molecule has 0 spiro atoms. The van der Waals surface area contributed by atoms with Gasteiger partial charge in [0.25, 0.3) is 0 Å². The maximum absolute atomic E-state index is 11.9. The number of halogens is 3. The summed E-state index contributed by atoms with van der Waals surface area (Å²) < 4.78 is 35.6. The Balaban J connectivity index is 2.56. The van der Waals surface area contributed by atoms with Crippen molar-refractivity contribution in [1.29, 1.82) is 0 Å². The van der Waals surface area contributed by atoms with E-state index >= 15 is 0 Å². The first-order chi connectivity index (χ1) is 4.18. The predicted molar refractivity (Wildman–Crippen MR) is 23.1 cm³/mol. The normalized spacial score (nSPS) is 22.1. The number of hydrogen-bond acceptors (Lipinski definition) is 3. The lowest BCUT2D eigenvalue weighted by Crippen LogP contribution is -2.42. The minimum absolute atomic E-state index is 0.213. The first-order valence-electron chi connectivity index (χ1n) is 2.19. The lowest BCUT2D eigenvalue weighted by molar-refractivity contribution is -0.167. The van der Waals surface area contributed by atoms with Crippen LogP contribution in [0.1, 0.15) is 0 Å². The second-order valence-electron chi connectivity index (χ2n) is 1.51. The Labute approximate surface area is 49.2 Å². The highest BCUT2D eigenvalue weighted by atomic mass is 19.2. The highest BCUT2D eigenvalue weighted by Gasteiger charge is 2.15. The van der Waals surface area contributed by atoms with E-state index in [0.29, 0.717) is 6.20 Å². The molecule has 0 saturated carbocycles. The molecular formula is C3H4F3N3. The molecule has 0 aliphatic carbocycles. The van der Waals surface area contributed by atoms with Crippen molar-refractivity contribution in [2.75, 3.05) is 6.54 Å². The van der Waals surface area contributed by atoms with Crippen molar-refractivity contribution in [3.05, 3.63) is 12.0 Å². The van der Waals surface area contributed by atoms with Gasteiger partial charge in [0.15, 0.2) is 0 Å². The van der Waals surface area contributed by atoms with Gasteiger partial charge in [0.1, 0.15) is 12.4 Å². The van der Waals surface area contributed by atoms with E-state index in [0.717, 1.165) is 0 Å². The van der Waals surface area contributed by atoms with Crippen LogP contribution in [0.15, 0.2) is 12.0 Å². The molecule has 0 unspecified atom stereocenters. The van der Waals surface area contributed by atoms with Gasteiger partial charge in [-0.2, -0.15) is 0 Å². The first-order valence-corrected chi connectivity index (χ1v) is 2.19. The molecule has 0 fully saturated rings. The Morgan fingerprint density at radius 2 is 2.22 bits per heavy atom. The molecule has 0 aromatic carbocycles. The lowest BCUT2D eigenvalue weighted by atomic mass is 10.5. The van der Waals surface area contributed by atoms with Gasteiger partial charge in [-0.3, -0.25) is 0 Å². The summed E-state index contributed by atoms with van der Waals surface area (Å²) in [5.41, 5.74) is 1.53. The molecule has 0 radical (unpaired) electrons. The van der Waals surface area contributed by atoms with Crippen LogP contribution in [0.25, 0.3) is 0 Å². The predicted octanol–water partition coefficient (Wildman–Crippen LogP) is 0.604. The number of hydrazine groups is 2. The Bertz CT molecular complexity index is 136. The Kier molecular flexibility index (Phi) is 1.58. The minimum atomic E-state index is -0.876. The average molecular weight is 139 g/mol. The molecule has 0 amide bonds. The van der Waals surface area contributed by atoms with Gasteiger partial charge in [-0.1, -0.05) is 9.71 Å². The summed E-state index contributed by atoms with van der Waals surface area (Å²) in [5, 5.41) is -0.520. The van der Waals surface area contributed by atoms with Gasteiger partial charge in [-0.15, -0.1) is 15.2 Å². The molecule has 1 N–H and O–H groups in total. The minimum Gasteiger partial charge on any atom is -0.208 e. The van der Waals surface area contributed by atoms with Gasteiger partial charge in [0, 0.05) is 0 Å². The van der Waals surface area contributed by atoms with Crippen LogP contribution in [0, 0.1) is 0 Å². The number of rotatable bonds is 0. The van der Waals surface area contributed by atoms with Crippen molar-refractivity contribution in [3.63, 3.8) is 0 Å². The molecule has 0 bridgehead atoms. The maximum Gasteiger partial charge on any atom is 0.139 e. The zero-order chi connectivity index (χ0) is 6.85. The molecule has 1 aliphatic rings. The van der Waals surface area contributed by atoms with Crippen molar-refractivity contribution in [3.8, 4) is 0 Å². The van der Waals surface area contributed by atoms with E-state index in [1.165, 1.54) is 5.53 Å².